The lowest BCUT2D eigenvalue weighted by Crippen LogP contribution is -2.17. The number of nitrogens with two attached hydrogens (primary N) is 1. The molecule has 1 heterocycles. The molecule has 0 bridgehead atoms. The number of hydrogen-bond acceptors (Lipinski definition) is 3. The van der Waals surface area contributed by atoms with E-state index < -0.39 is 0 Å². The standard InChI is InChI=1S/C12H18N4/c1-3-9(4-2)14-12-15-10-6-5-8(13)7-11(10)16-12/h5-7,9H,3-4,13H2,1-2H3,(H2,14,15,16). The first-order valence-electron chi connectivity index (χ1n) is 5.74. The van der Waals surface area contributed by atoms with Gasteiger partial charge in [0.25, 0.3) is 0 Å². The van der Waals surface area contributed by atoms with E-state index in [9.17, 15) is 0 Å². The number of nitrogens with one attached hydrogen (secondary N) is 2. The van der Waals surface area contributed by atoms with Crippen molar-refractivity contribution < 1.29 is 0 Å². The third kappa shape index (κ3) is 2.10. The quantitative estimate of drug-likeness (QED) is 0.691. The van der Waals surface area contributed by atoms with Crippen molar-refractivity contribution in [1.29, 1.82) is 0 Å². The summed E-state index contributed by atoms with van der Waals surface area (Å²) in [5.41, 5.74) is 8.40. The molecule has 0 saturated carbocycles. The van der Waals surface area contributed by atoms with Gasteiger partial charge in [-0.1, -0.05) is 13.8 Å². The Hall–Kier alpha value is -1.71. The molecule has 2 rings (SSSR count). The third-order valence-electron chi connectivity index (χ3n) is 2.83. The summed E-state index contributed by atoms with van der Waals surface area (Å²) in [5.74, 6) is 0.828. The minimum atomic E-state index is 0.470. The smallest absolute Gasteiger partial charge is 0.201 e. The predicted octanol–water partition coefficient (Wildman–Crippen LogP) is 2.75. The van der Waals surface area contributed by atoms with Gasteiger partial charge in [0.2, 0.25) is 5.95 Å². The van der Waals surface area contributed by atoms with Crippen molar-refractivity contribution in [1.82, 2.24) is 9.97 Å². The van der Waals surface area contributed by atoms with Crippen LogP contribution in [0.5, 0.6) is 0 Å². The van der Waals surface area contributed by atoms with Crippen LogP contribution in [0.1, 0.15) is 26.7 Å². The van der Waals surface area contributed by atoms with Gasteiger partial charge in [0.15, 0.2) is 0 Å². The molecule has 0 fully saturated rings. The largest absolute Gasteiger partial charge is 0.399 e. The number of benzene rings is 1. The first-order valence-corrected chi connectivity index (χ1v) is 5.74. The molecular weight excluding hydrogens is 200 g/mol. The van der Waals surface area contributed by atoms with Crippen LogP contribution in [0.2, 0.25) is 0 Å². The van der Waals surface area contributed by atoms with Crippen molar-refractivity contribution in [2.75, 3.05) is 11.1 Å². The zero-order chi connectivity index (χ0) is 11.5. The Morgan fingerprint density at radius 1 is 1.38 bits per heavy atom. The summed E-state index contributed by atoms with van der Waals surface area (Å²) >= 11 is 0. The molecule has 86 valence electrons. The maximum Gasteiger partial charge on any atom is 0.201 e. The molecule has 4 nitrogen and oxygen atoms in total. The number of hydrogen-bond donors (Lipinski definition) is 3. The van der Waals surface area contributed by atoms with Crippen LogP contribution in [0.4, 0.5) is 11.6 Å². The van der Waals surface area contributed by atoms with Crippen molar-refractivity contribution in [3.8, 4) is 0 Å². The van der Waals surface area contributed by atoms with E-state index in [-0.39, 0.29) is 0 Å². The highest BCUT2D eigenvalue weighted by atomic mass is 15.1. The van der Waals surface area contributed by atoms with Crippen LogP contribution >= 0.6 is 0 Å². The van der Waals surface area contributed by atoms with Crippen LogP contribution in [0.25, 0.3) is 11.0 Å². The van der Waals surface area contributed by atoms with Crippen molar-refractivity contribution in [2.45, 2.75) is 32.7 Å². The van der Waals surface area contributed by atoms with Crippen LogP contribution in [0, 0.1) is 0 Å². The summed E-state index contributed by atoms with van der Waals surface area (Å²) < 4.78 is 0. The first-order chi connectivity index (χ1) is 7.72. The van der Waals surface area contributed by atoms with Gasteiger partial charge in [0.05, 0.1) is 11.0 Å². The summed E-state index contributed by atoms with van der Waals surface area (Å²) in [6, 6.07) is 6.17. The van der Waals surface area contributed by atoms with Crippen LogP contribution in [0.3, 0.4) is 0 Å². The lowest BCUT2D eigenvalue weighted by Gasteiger charge is -2.12. The molecule has 4 N–H and O–H groups in total. The second kappa shape index (κ2) is 4.43. The van der Waals surface area contributed by atoms with Gasteiger partial charge in [-0.15, -0.1) is 0 Å². The number of aromatic nitrogens is 2. The Morgan fingerprint density at radius 2 is 2.12 bits per heavy atom. The Labute approximate surface area is 95.3 Å². The molecule has 0 aliphatic carbocycles. The Balaban J connectivity index is 2.25. The van der Waals surface area contributed by atoms with E-state index in [1.165, 1.54) is 0 Å². The van der Waals surface area contributed by atoms with Crippen molar-refractivity contribution in [3.63, 3.8) is 0 Å². The topological polar surface area (TPSA) is 66.7 Å². The van der Waals surface area contributed by atoms with Gasteiger partial charge >= 0.3 is 0 Å². The van der Waals surface area contributed by atoms with Crippen LogP contribution in [0.15, 0.2) is 18.2 Å². The summed E-state index contributed by atoms with van der Waals surface area (Å²) in [4.78, 5) is 7.70. The van der Waals surface area contributed by atoms with E-state index >= 15 is 0 Å². The molecule has 0 atom stereocenters. The summed E-state index contributed by atoms with van der Waals surface area (Å²) in [6.45, 7) is 4.34. The molecule has 4 heteroatoms. The molecule has 0 radical (unpaired) electrons. The molecule has 16 heavy (non-hydrogen) atoms. The fourth-order valence-corrected chi connectivity index (χ4v) is 1.78. The maximum atomic E-state index is 5.72. The van der Waals surface area contributed by atoms with Crippen molar-refractivity contribution in [3.05, 3.63) is 18.2 Å². The number of H-pyrrole nitrogens is 1. The van der Waals surface area contributed by atoms with Gasteiger partial charge < -0.3 is 16.0 Å². The van der Waals surface area contributed by atoms with E-state index in [4.69, 9.17) is 5.73 Å². The molecule has 0 unspecified atom stereocenters. The van der Waals surface area contributed by atoms with E-state index in [1.54, 1.807) is 0 Å². The lowest BCUT2D eigenvalue weighted by molar-refractivity contribution is 0.666. The molecule has 2 aromatic rings. The maximum absolute atomic E-state index is 5.72. The second-order valence-corrected chi connectivity index (χ2v) is 4.02. The molecule has 1 aromatic carbocycles. The van der Waals surface area contributed by atoms with Crippen LogP contribution in [-0.4, -0.2) is 16.0 Å². The highest BCUT2D eigenvalue weighted by Crippen LogP contribution is 2.18. The van der Waals surface area contributed by atoms with Crippen molar-refractivity contribution >= 4 is 22.7 Å². The highest BCUT2D eigenvalue weighted by Gasteiger charge is 2.07. The van der Waals surface area contributed by atoms with E-state index in [0.29, 0.717) is 6.04 Å². The summed E-state index contributed by atoms with van der Waals surface area (Å²) in [6.07, 6.45) is 2.19. The number of rotatable bonds is 4. The predicted molar refractivity (Wildman–Crippen MR) is 68.5 cm³/mol. The number of imidazole rings is 1. The van der Waals surface area contributed by atoms with Gasteiger partial charge in [-0.2, -0.15) is 0 Å². The summed E-state index contributed by atoms with van der Waals surface area (Å²) in [5, 5.41) is 3.38. The van der Waals surface area contributed by atoms with Crippen LogP contribution in [-0.2, 0) is 0 Å². The molecule has 0 aliphatic heterocycles. The van der Waals surface area contributed by atoms with Crippen LogP contribution < -0.4 is 11.1 Å². The first kappa shape index (κ1) is 10.8. The fourth-order valence-electron chi connectivity index (χ4n) is 1.78. The van der Waals surface area contributed by atoms with Gasteiger partial charge in [-0.3, -0.25) is 0 Å². The number of nitrogen functional groups attached to an aromatic ring is 1. The zero-order valence-electron chi connectivity index (χ0n) is 9.75. The van der Waals surface area contributed by atoms with Gasteiger partial charge in [0, 0.05) is 11.7 Å². The van der Waals surface area contributed by atoms with E-state index in [2.05, 4.69) is 29.1 Å². The number of fused-ring (bicyclic) bond motifs is 1. The number of anilines is 2. The molecule has 0 aliphatic rings. The SMILES string of the molecule is CCC(CC)Nc1nc2ccc(N)cc2[nH]1. The fraction of sp³-hybridized carbons (Fsp3) is 0.417. The normalized spacial score (nSPS) is 11.2. The van der Waals surface area contributed by atoms with E-state index in [1.807, 2.05) is 18.2 Å². The average molecular weight is 218 g/mol. The number of aromatic amines is 1. The monoisotopic (exact) mass is 218 g/mol. The summed E-state index contributed by atoms with van der Waals surface area (Å²) in [7, 11) is 0. The Morgan fingerprint density at radius 3 is 2.81 bits per heavy atom. The molecule has 0 amide bonds. The minimum absolute atomic E-state index is 0.470. The highest BCUT2D eigenvalue weighted by molar-refractivity contribution is 5.80. The zero-order valence-corrected chi connectivity index (χ0v) is 9.75. The Bertz CT molecular complexity index is 471. The van der Waals surface area contributed by atoms with Crippen molar-refractivity contribution in [2.24, 2.45) is 0 Å². The van der Waals surface area contributed by atoms with E-state index in [0.717, 1.165) is 35.5 Å². The molecule has 0 saturated heterocycles. The molecule has 0 spiro atoms. The second-order valence-electron chi connectivity index (χ2n) is 4.02. The lowest BCUT2D eigenvalue weighted by atomic mass is 10.2. The molecular formula is C12H18N4. The van der Waals surface area contributed by atoms with Gasteiger partial charge in [0.1, 0.15) is 0 Å². The minimum Gasteiger partial charge on any atom is -0.399 e. The Kier molecular flexibility index (Phi) is 2.99. The average Bonchev–Trinajstić information content (AvgIpc) is 2.67. The van der Waals surface area contributed by atoms with Gasteiger partial charge in [-0.05, 0) is 31.0 Å². The third-order valence-corrected chi connectivity index (χ3v) is 2.83. The number of nitrogens with zero attached hydrogens (tertiary/aromatic N) is 1. The molecule has 1 aromatic heterocycles. The van der Waals surface area contributed by atoms with Gasteiger partial charge in [-0.25, -0.2) is 4.98 Å².